The number of hydrogen-bond acceptors (Lipinski definition) is 2. The molecule has 2 N–H and O–H groups in total. The predicted molar refractivity (Wildman–Crippen MR) is 104 cm³/mol. The van der Waals surface area contributed by atoms with E-state index < -0.39 is 0 Å². The van der Waals surface area contributed by atoms with Crippen LogP contribution in [0.25, 0.3) is 0 Å². The van der Waals surface area contributed by atoms with Crippen molar-refractivity contribution >= 4 is 29.9 Å². The van der Waals surface area contributed by atoms with E-state index in [0.29, 0.717) is 6.04 Å². The van der Waals surface area contributed by atoms with Crippen molar-refractivity contribution in [1.29, 1.82) is 0 Å². The van der Waals surface area contributed by atoms with E-state index in [1.165, 1.54) is 17.5 Å². The van der Waals surface area contributed by atoms with Crippen molar-refractivity contribution < 1.29 is 4.74 Å². The minimum atomic E-state index is 0. The van der Waals surface area contributed by atoms with Crippen LogP contribution in [0.15, 0.2) is 23.2 Å². The van der Waals surface area contributed by atoms with E-state index >= 15 is 0 Å². The van der Waals surface area contributed by atoms with E-state index in [1.54, 1.807) is 0 Å². The highest BCUT2D eigenvalue weighted by molar-refractivity contribution is 14.0. The largest absolute Gasteiger partial charge is 0.493 e. The second kappa shape index (κ2) is 9.22. The van der Waals surface area contributed by atoms with Gasteiger partial charge in [0.15, 0.2) is 5.96 Å². The molecule has 5 heteroatoms. The molecule has 2 atom stereocenters. The Morgan fingerprint density at radius 1 is 1.32 bits per heavy atom. The summed E-state index contributed by atoms with van der Waals surface area (Å²) in [5, 5.41) is 6.75. The Bertz CT molecular complexity index is 484. The Labute approximate surface area is 151 Å². The highest BCUT2D eigenvalue weighted by Gasteiger charge is 2.33. The Morgan fingerprint density at radius 2 is 1.95 bits per heavy atom. The molecular formula is C17H28IN3O. The van der Waals surface area contributed by atoms with Gasteiger partial charge < -0.3 is 15.4 Å². The van der Waals surface area contributed by atoms with Crippen LogP contribution in [0.4, 0.5) is 0 Å². The highest BCUT2D eigenvalue weighted by atomic mass is 127. The number of aliphatic imine (C=N–C) groups is 1. The summed E-state index contributed by atoms with van der Waals surface area (Å²) in [6.45, 7) is 8.01. The third-order valence-electron chi connectivity index (χ3n) is 3.92. The molecule has 0 spiro atoms. The quantitative estimate of drug-likeness (QED) is 0.323. The van der Waals surface area contributed by atoms with Crippen LogP contribution in [0.3, 0.4) is 0 Å². The summed E-state index contributed by atoms with van der Waals surface area (Å²) in [5.74, 6) is 2.69. The Balaban J connectivity index is 0.00000242. The Kier molecular flexibility index (Phi) is 8.00. The molecule has 1 aromatic rings. The van der Waals surface area contributed by atoms with E-state index in [0.717, 1.165) is 37.2 Å². The number of aryl methyl sites for hydroxylation is 2. The lowest BCUT2D eigenvalue weighted by atomic mass is 10.1. The van der Waals surface area contributed by atoms with E-state index in [2.05, 4.69) is 54.6 Å². The smallest absolute Gasteiger partial charge is 0.191 e. The van der Waals surface area contributed by atoms with E-state index in [9.17, 15) is 0 Å². The Hall–Kier alpha value is -0.980. The fraction of sp³-hybridized carbons (Fsp3) is 0.588. The maximum atomic E-state index is 5.89. The van der Waals surface area contributed by atoms with Gasteiger partial charge >= 0.3 is 0 Å². The lowest BCUT2D eigenvalue weighted by Gasteiger charge is -2.13. The summed E-state index contributed by atoms with van der Waals surface area (Å²) in [4.78, 5) is 4.24. The molecule has 2 unspecified atom stereocenters. The Morgan fingerprint density at radius 3 is 2.50 bits per heavy atom. The van der Waals surface area contributed by atoms with Crippen molar-refractivity contribution in [3.05, 3.63) is 29.3 Å². The summed E-state index contributed by atoms with van der Waals surface area (Å²) in [7, 11) is 1.82. The average Bonchev–Trinajstić information content (AvgIpc) is 3.15. The van der Waals surface area contributed by atoms with Crippen molar-refractivity contribution in [3.8, 4) is 5.75 Å². The molecule has 124 valence electrons. The van der Waals surface area contributed by atoms with Crippen molar-refractivity contribution in [2.24, 2.45) is 10.9 Å². The molecule has 2 rings (SSSR count). The summed E-state index contributed by atoms with van der Waals surface area (Å²) < 4.78 is 5.89. The van der Waals surface area contributed by atoms with Gasteiger partial charge in [-0.1, -0.05) is 25.1 Å². The first-order chi connectivity index (χ1) is 10.1. The minimum absolute atomic E-state index is 0. The normalized spacial score (nSPS) is 20.1. The molecular weight excluding hydrogens is 389 g/mol. The van der Waals surface area contributed by atoms with Crippen LogP contribution < -0.4 is 15.4 Å². The third kappa shape index (κ3) is 5.66. The van der Waals surface area contributed by atoms with Crippen molar-refractivity contribution in [3.63, 3.8) is 0 Å². The molecule has 0 heterocycles. The first-order valence-electron chi connectivity index (χ1n) is 7.78. The number of guanidine groups is 1. The van der Waals surface area contributed by atoms with E-state index in [-0.39, 0.29) is 24.0 Å². The maximum absolute atomic E-state index is 5.89. The second-order valence-electron chi connectivity index (χ2n) is 5.89. The summed E-state index contributed by atoms with van der Waals surface area (Å²) in [6.07, 6.45) is 2.20. The zero-order valence-corrected chi connectivity index (χ0v) is 16.3. The van der Waals surface area contributed by atoms with Crippen LogP contribution in [0.5, 0.6) is 5.75 Å². The van der Waals surface area contributed by atoms with E-state index in [4.69, 9.17) is 4.74 Å². The molecule has 0 saturated heterocycles. The molecule has 1 aromatic carbocycles. The molecule has 1 saturated carbocycles. The fourth-order valence-electron chi connectivity index (χ4n) is 2.37. The predicted octanol–water partition coefficient (Wildman–Crippen LogP) is 3.26. The van der Waals surface area contributed by atoms with Crippen LogP contribution in [-0.4, -0.2) is 32.2 Å². The molecule has 0 bridgehead atoms. The lowest BCUT2D eigenvalue weighted by molar-refractivity contribution is 0.307. The third-order valence-corrected chi connectivity index (χ3v) is 3.92. The number of rotatable bonds is 6. The zero-order chi connectivity index (χ0) is 15.2. The summed E-state index contributed by atoms with van der Waals surface area (Å²) >= 11 is 0. The number of para-hydroxylation sites is 1. The van der Waals surface area contributed by atoms with Crippen LogP contribution >= 0.6 is 24.0 Å². The van der Waals surface area contributed by atoms with Crippen molar-refractivity contribution in [2.75, 3.05) is 20.2 Å². The first-order valence-corrected chi connectivity index (χ1v) is 7.78. The van der Waals surface area contributed by atoms with Gasteiger partial charge in [-0.25, -0.2) is 0 Å². The van der Waals surface area contributed by atoms with Gasteiger partial charge in [0.05, 0.1) is 6.61 Å². The van der Waals surface area contributed by atoms with Crippen LogP contribution in [0, 0.1) is 19.8 Å². The van der Waals surface area contributed by atoms with Gasteiger partial charge in [-0.15, -0.1) is 24.0 Å². The maximum Gasteiger partial charge on any atom is 0.191 e. The molecule has 0 aromatic heterocycles. The van der Waals surface area contributed by atoms with Gasteiger partial charge in [0.1, 0.15) is 5.75 Å². The molecule has 0 radical (unpaired) electrons. The fourth-order valence-corrected chi connectivity index (χ4v) is 2.37. The SMILES string of the molecule is CN=C(NCCCOc1c(C)cccc1C)NC1CC1C.I. The standard InChI is InChI=1S/C17H27N3O.HI/c1-12-7-5-8-13(2)16(12)21-10-6-9-19-17(18-4)20-15-11-14(15)3;/h5,7-8,14-15H,6,9-11H2,1-4H3,(H2,18,19,20);1H. The lowest BCUT2D eigenvalue weighted by Crippen LogP contribution is -2.39. The number of nitrogens with zero attached hydrogens (tertiary/aromatic N) is 1. The van der Waals surface area contributed by atoms with Crippen molar-refractivity contribution in [1.82, 2.24) is 10.6 Å². The number of benzene rings is 1. The van der Waals surface area contributed by atoms with Gasteiger partial charge in [0.2, 0.25) is 0 Å². The van der Waals surface area contributed by atoms with Gasteiger partial charge in [0, 0.05) is 19.6 Å². The molecule has 4 nitrogen and oxygen atoms in total. The minimum Gasteiger partial charge on any atom is -0.493 e. The number of ether oxygens (including phenoxy) is 1. The molecule has 1 aliphatic carbocycles. The van der Waals surface area contributed by atoms with Gasteiger partial charge in [0.25, 0.3) is 0 Å². The van der Waals surface area contributed by atoms with Crippen LogP contribution in [0.1, 0.15) is 30.9 Å². The van der Waals surface area contributed by atoms with Gasteiger partial charge in [-0.3, -0.25) is 4.99 Å². The van der Waals surface area contributed by atoms with Gasteiger partial charge in [-0.2, -0.15) is 0 Å². The molecule has 0 amide bonds. The van der Waals surface area contributed by atoms with Crippen molar-refractivity contribution in [2.45, 2.75) is 39.7 Å². The molecule has 1 fully saturated rings. The van der Waals surface area contributed by atoms with Crippen LogP contribution in [-0.2, 0) is 0 Å². The summed E-state index contributed by atoms with van der Waals surface area (Å²) in [5.41, 5.74) is 2.39. The number of nitrogens with one attached hydrogen (secondary N) is 2. The molecule has 22 heavy (non-hydrogen) atoms. The number of halogens is 1. The second-order valence-corrected chi connectivity index (χ2v) is 5.89. The van der Waals surface area contributed by atoms with E-state index in [1.807, 2.05) is 7.05 Å². The monoisotopic (exact) mass is 417 g/mol. The average molecular weight is 417 g/mol. The molecule has 1 aliphatic rings. The first kappa shape index (κ1) is 19.1. The summed E-state index contributed by atoms with van der Waals surface area (Å²) in [6, 6.07) is 6.84. The highest BCUT2D eigenvalue weighted by Crippen LogP contribution is 2.28. The number of hydrogen-bond donors (Lipinski definition) is 2. The van der Waals surface area contributed by atoms with Crippen LogP contribution in [0.2, 0.25) is 0 Å². The molecule has 0 aliphatic heterocycles. The zero-order valence-electron chi connectivity index (χ0n) is 14.0. The van der Waals surface area contributed by atoms with Gasteiger partial charge in [-0.05, 0) is 43.7 Å². The topological polar surface area (TPSA) is 45.7 Å².